The van der Waals surface area contributed by atoms with Crippen molar-refractivity contribution in [3.63, 3.8) is 0 Å². The number of aromatic nitrogens is 1. The van der Waals surface area contributed by atoms with Gasteiger partial charge in [-0.05, 0) is 18.9 Å². The number of aryl methyl sites for hydroxylation is 1. The molecule has 0 aliphatic rings. The lowest BCUT2D eigenvalue weighted by Crippen LogP contribution is -2.22. The number of nitrogens with zero attached hydrogens (tertiary/aromatic N) is 1. The van der Waals surface area contributed by atoms with E-state index in [1.807, 2.05) is 0 Å². The Kier molecular flexibility index (Phi) is 4.43. The van der Waals surface area contributed by atoms with Gasteiger partial charge in [-0.3, -0.25) is 9.59 Å². The topological polar surface area (TPSA) is 48.3 Å². The molecule has 94 valence electrons. The first-order valence-corrected chi connectivity index (χ1v) is 5.46. The van der Waals surface area contributed by atoms with E-state index in [4.69, 9.17) is 0 Å². The molecule has 1 atom stereocenters. The van der Waals surface area contributed by atoms with Crippen LogP contribution in [0.1, 0.15) is 19.4 Å². The van der Waals surface area contributed by atoms with Gasteiger partial charge in [-0.1, -0.05) is 6.92 Å². The average Bonchev–Trinajstić information content (AvgIpc) is 2.32. The van der Waals surface area contributed by atoms with Crippen LogP contribution in [-0.2, 0) is 22.5 Å². The van der Waals surface area contributed by atoms with Crippen molar-refractivity contribution in [2.75, 3.05) is 7.11 Å². The lowest BCUT2D eigenvalue weighted by Gasteiger charge is -2.10. The summed E-state index contributed by atoms with van der Waals surface area (Å²) in [5.74, 6) is -1.35. The Balaban J connectivity index is 2.96. The van der Waals surface area contributed by atoms with E-state index < -0.39 is 17.7 Å². The van der Waals surface area contributed by atoms with Crippen LogP contribution < -0.4 is 5.56 Å². The summed E-state index contributed by atoms with van der Waals surface area (Å²) in [5.41, 5.74) is -0.0152. The van der Waals surface area contributed by atoms with Crippen molar-refractivity contribution in [3.05, 3.63) is 34.0 Å². The van der Waals surface area contributed by atoms with Gasteiger partial charge in [0.1, 0.15) is 5.82 Å². The van der Waals surface area contributed by atoms with Crippen LogP contribution >= 0.6 is 0 Å². The van der Waals surface area contributed by atoms with Crippen molar-refractivity contribution in [2.45, 2.75) is 26.8 Å². The number of halogens is 1. The first kappa shape index (κ1) is 13.4. The standard InChI is InChI=1S/C12H16FNO3/c1-4-14-7-10(13)9(6-11(14)15)5-8(2)12(16)17-3/h6-8H,4-5H2,1-3H3. The SMILES string of the molecule is CCn1cc(F)c(CC(C)C(=O)OC)cc1=O. The van der Waals surface area contributed by atoms with Crippen molar-refractivity contribution in [1.29, 1.82) is 0 Å². The molecule has 0 aromatic carbocycles. The Labute approximate surface area is 99.0 Å². The van der Waals surface area contributed by atoms with Crippen LogP contribution in [-0.4, -0.2) is 17.6 Å². The average molecular weight is 241 g/mol. The molecule has 0 spiro atoms. The maximum Gasteiger partial charge on any atom is 0.308 e. The Morgan fingerprint density at radius 1 is 1.59 bits per heavy atom. The Hall–Kier alpha value is -1.65. The Morgan fingerprint density at radius 3 is 2.76 bits per heavy atom. The van der Waals surface area contributed by atoms with Crippen molar-refractivity contribution in [2.24, 2.45) is 5.92 Å². The van der Waals surface area contributed by atoms with Crippen LogP contribution in [0.2, 0.25) is 0 Å². The molecular formula is C12H16FNO3. The molecule has 17 heavy (non-hydrogen) atoms. The number of hydrogen-bond acceptors (Lipinski definition) is 3. The molecule has 0 radical (unpaired) electrons. The zero-order chi connectivity index (χ0) is 13.0. The van der Waals surface area contributed by atoms with Gasteiger partial charge in [0.05, 0.1) is 13.0 Å². The predicted molar refractivity (Wildman–Crippen MR) is 61.2 cm³/mol. The molecular weight excluding hydrogens is 225 g/mol. The predicted octanol–water partition coefficient (Wildman–Crippen LogP) is 1.36. The van der Waals surface area contributed by atoms with Crippen molar-refractivity contribution in [3.8, 4) is 0 Å². The van der Waals surface area contributed by atoms with Crippen LogP contribution in [0, 0.1) is 11.7 Å². The summed E-state index contributed by atoms with van der Waals surface area (Å²) in [6, 6.07) is 1.23. The molecule has 0 N–H and O–H groups in total. The normalized spacial score (nSPS) is 12.2. The van der Waals surface area contributed by atoms with E-state index in [-0.39, 0.29) is 17.5 Å². The molecule has 0 aliphatic carbocycles. The number of carbonyl (C=O) groups excluding carboxylic acids is 1. The fraction of sp³-hybridized carbons (Fsp3) is 0.500. The van der Waals surface area contributed by atoms with E-state index in [9.17, 15) is 14.0 Å². The Bertz CT molecular complexity index is 467. The van der Waals surface area contributed by atoms with E-state index in [1.54, 1.807) is 13.8 Å². The first-order chi connectivity index (χ1) is 7.99. The van der Waals surface area contributed by atoms with E-state index in [0.717, 1.165) is 0 Å². The minimum atomic E-state index is -0.470. The quantitative estimate of drug-likeness (QED) is 0.748. The second-order valence-corrected chi connectivity index (χ2v) is 3.90. The van der Waals surface area contributed by atoms with E-state index in [0.29, 0.717) is 6.54 Å². The number of pyridine rings is 1. The van der Waals surface area contributed by atoms with Gasteiger partial charge in [-0.25, -0.2) is 4.39 Å². The maximum atomic E-state index is 13.6. The largest absolute Gasteiger partial charge is 0.469 e. The number of carbonyl (C=O) groups is 1. The molecule has 0 amide bonds. The van der Waals surface area contributed by atoms with Gasteiger partial charge in [0.25, 0.3) is 5.56 Å². The number of ether oxygens (including phenoxy) is 1. The van der Waals surface area contributed by atoms with Gasteiger partial charge in [0.15, 0.2) is 0 Å². The van der Waals surface area contributed by atoms with Crippen molar-refractivity contribution >= 4 is 5.97 Å². The highest BCUT2D eigenvalue weighted by atomic mass is 19.1. The molecule has 1 aromatic rings. The van der Waals surface area contributed by atoms with Gasteiger partial charge in [0.2, 0.25) is 0 Å². The molecule has 4 nitrogen and oxygen atoms in total. The molecule has 1 unspecified atom stereocenters. The minimum Gasteiger partial charge on any atom is -0.469 e. The van der Waals surface area contributed by atoms with Gasteiger partial charge in [0, 0.05) is 18.8 Å². The van der Waals surface area contributed by atoms with Gasteiger partial charge < -0.3 is 9.30 Å². The van der Waals surface area contributed by atoms with Gasteiger partial charge in [-0.15, -0.1) is 0 Å². The van der Waals surface area contributed by atoms with Crippen LogP contribution in [0.15, 0.2) is 17.1 Å². The van der Waals surface area contributed by atoms with E-state index in [1.165, 1.54) is 23.9 Å². The van der Waals surface area contributed by atoms with Gasteiger partial charge in [-0.2, -0.15) is 0 Å². The highest BCUT2D eigenvalue weighted by molar-refractivity contribution is 5.72. The summed E-state index contributed by atoms with van der Waals surface area (Å²) in [6.45, 7) is 3.82. The second-order valence-electron chi connectivity index (χ2n) is 3.90. The van der Waals surface area contributed by atoms with Crippen LogP contribution in [0.5, 0.6) is 0 Å². The molecule has 0 bridgehead atoms. The molecule has 5 heteroatoms. The number of methoxy groups -OCH3 is 1. The number of hydrogen-bond donors (Lipinski definition) is 0. The summed E-state index contributed by atoms with van der Waals surface area (Å²) in [4.78, 5) is 22.7. The fourth-order valence-corrected chi connectivity index (χ4v) is 1.60. The molecule has 1 heterocycles. The summed E-state index contributed by atoms with van der Waals surface area (Å²) >= 11 is 0. The van der Waals surface area contributed by atoms with Crippen LogP contribution in [0.3, 0.4) is 0 Å². The van der Waals surface area contributed by atoms with E-state index >= 15 is 0 Å². The summed E-state index contributed by atoms with van der Waals surface area (Å²) < 4.78 is 19.5. The third-order valence-corrected chi connectivity index (χ3v) is 2.63. The molecule has 0 aliphatic heterocycles. The molecule has 0 saturated heterocycles. The molecule has 0 saturated carbocycles. The molecule has 1 aromatic heterocycles. The maximum absolute atomic E-state index is 13.6. The third-order valence-electron chi connectivity index (χ3n) is 2.63. The fourth-order valence-electron chi connectivity index (χ4n) is 1.60. The number of rotatable bonds is 4. The van der Waals surface area contributed by atoms with Crippen molar-refractivity contribution < 1.29 is 13.9 Å². The zero-order valence-corrected chi connectivity index (χ0v) is 10.2. The highest BCUT2D eigenvalue weighted by Gasteiger charge is 2.16. The summed E-state index contributed by atoms with van der Waals surface area (Å²) in [5, 5.41) is 0. The summed E-state index contributed by atoms with van der Waals surface area (Å²) in [6.07, 6.45) is 1.33. The monoisotopic (exact) mass is 241 g/mol. The van der Waals surface area contributed by atoms with E-state index in [2.05, 4.69) is 4.74 Å². The lowest BCUT2D eigenvalue weighted by molar-refractivity contribution is -0.144. The first-order valence-electron chi connectivity index (χ1n) is 5.46. The summed E-state index contributed by atoms with van der Waals surface area (Å²) in [7, 11) is 1.28. The number of esters is 1. The van der Waals surface area contributed by atoms with Crippen LogP contribution in [0.4, 0.5) is 4.39 Å². The molecule has 0 fully saturated rings. The second kappa shape index (κ2) is 5.61. The highest BCUT2D eigenvalue weighted by Crippen LogP contribution is 2.12. The van der Waals surface area contributed by atoms with Crippen LogP contribution in [0.25, 0.3) is 0 Å². The Morgan fingerprint density at radius 2 is 2.24 bits per heavy atom. The third kappa shape index (κ3) is 3.15. The molecule has 1 rings (SSSR count). The minimum absolute atomic E-state index is 0.165. The smallest absolute Gasteiger partial charge is 0.308 e. The van der Waals surface area contributed by atoms with Gasteiger partial charge >= 0.3 is 5.97 Å². The lowest BCUT2D eigenvalue weighted by atomic mass is 10.0. The zero-order valence-electron chi connectivity index (χ0n) is 10.2. The van der Waals surface area contributed by atoms with Crippen molar-refractivity contribution in [1.82, 2.24) is 4.57 Å².